The van der Waals surface area contributed by atoms with Gasteiger partial charge < -0.3 is 10.0 Å². The van der Waals surface area contributed by atoms with Crippen molar-refractivity contribution >= 4 is 5.91 Å². The van der Waals surface area contributed by atoms with Crippen molar-refractivity contribution in [2.75, 3.05) is 13.6 Å². The van der Waals surface area contributed by atoms with Crippen LogP contribution in [-0.2, 0) is 4.79 Å². The van der Waals surface area contributed by atoms with Gasteiger partial charge in [0.2, 0.25) is 5.91 Å². The van der Waals surface area contributed by atoms with Gasteiger partial charge >= 0.3 is 0 Å². The molecule has 92 valence electrons. The summed E-state index contributed by atoms with van der Waals surface area (Å²) in [5.74, 6) is 1.28. The molecule has 2 aliphatic carbocycles. The van der Waals surface area contributed by atoms with Gasteiger partial charge in [-0.05, 0) is 37.5 Å². The quantitative estimate of drug-likeness (QED) is 0.775. The van der Waals surface area contributed by atoms with Crippen molar-refractivity contribution in [1.82, 2.24) is 4.90 Å². The lowest BCUT2D eigenvalue weighted by molar-refractivity contribution is -0.132. The Labute approximate surface area is 97.8 Å². The molecule has 16 heavy (non-hydrogen) atoms. The molecule has 0 aromatic carbocycles. The maximum Gasteiger partial charge on any atom is 0.222 e. The summed E-state index contributed by atoms with van der Waals surface area (Å²) in [6.45, 7) is 0.524. The van der Waals surface area contributed by atoms with Crippen LogP contribution in [0.15, 0.2) is 0 Å². The summed E-state index contributed by atoms with van der Waals surface area (Å²) in [5, 5.41) is 9.78. The van der Waals surface area contributed by atoms with Crippen LogP contribution in [0.2, 0.25) is 0 Å². The SMILES string of the molecule is CN(CC(O)C1CC1)C(=O)CC1CCCC1. The van der Waals surface area contributed by atoms with E-state index < -0.39 is 0 Å². The second kappa shape index (κ2) is 5.17. The molecular weight excluding hydrogens is 202 g/mol. The predicted molar refractivity (Wildman–Crippen MR) is 62.9 cm³/mol. The molecule has 2 rings (SSSR count). The Morgan fingerprint density at radius 1 is 1.31 bits per heavy atom. The second-order valence-electron chi connectivity index (χ2n) is 5.53. The first-order chi connectivity index (χ1) is 7.66. The highest BCUT2D eigenvalue weighted by Gasteiger charge is 2.31. The summed E-state index contributed by atoms with van der Waals surface area (Å²) in [7, 11) is 1.82. The number of amides is 1. The zero-order valence-electron chi connectivity index (χ0n) is 10.2. The highest BCUT2D eigenvalue weighted by Crippen LogP contribution is 2.33. The third-order valence-electron chi connectivity index (χ3n) is 3.99. The smallest absolute Gasteiger partial charge is 0.222 e. The summed E-state index contributed by atoms with van der Waals surface area (Å²) >= 11 is 0. The maximum atomic E-state index is 11.9. The third kappa shape index (κ3) is 3.21. The van der Waals surface area contributed by atoms with Gasteiger partial charge in [0, 0.05) is 20.0 Å². The van der Waals surface area contributed by atoms with E-state index in [1.165, 1.54) is 25.7 Å². The van der Waals surface area contributed by atoms with E-state index in [4.69, 9.17) is 0 Å². The molecule has 0 radical (unpaired) electrons. The normalized spacial score (nSPS) is 23.4. The number of aliphatic hydroxyl groups excluding tert-OH is 1. The first-order valence-corrected chi connectivity index (χ1v) is 6.59. The largest absolute Gasteiger partial charge is 0.391 e. The maximum absolute atomic E-state index is 11.9. The van der Waals surface area contributed by atoms with Crippen LogP contribution in [0.3, 0.4) is 0 Å². The van der Waals surface area contributed by atoms with Crippen LogP contribution < -0.4 is 0 Å². The molecule has 1 amide bonds. The Morgan fingerprint density at radius 2 is 1.94 bits per heavy atom. The van der Waals surface area contributed by atoms with Gasteiger partial charge in [-0.2, -0.15) is 0 Å². The van der Waals surface area contributed by atoms with Gasteiger partial charge in [-0.15, -0.1) is 0 Å². The molecule has 1 atom stereocenters. The van der Waals surface area contributed by atoms with Crippen LogP contribution in [0.25, 0.3) is 0 Å². The molecule has 0 aromatic rings. The Kier molecular flexibility index (Phi) is 3.85. The number of nitrogens with zero attached hydrogens (tertiary/aromatic N) is 1. The van der Waals surface area contributed by atoms with E-state index in [0.717, 1.165) is 12.8 Å². The average Bonchev–Trinajstić information content (AvgIpc) is 2.98. The van der Waals surface area contributed by atoms with Crippen LogP contribution in [0, 0.1) is 11.8 Å². The summed E-state index contributed by atoms with van der Waals surface area (Å²) in [6.07, 6.45) is 7.65. The molecule has 0 saturated heterocycles. The number of hydrogen-bond acceptors (Lipinski definition) is 2. The molecule has 0 aromatic heterocycles. The van der Waals surface area contributed by atoms with Gasteiger partial charge in [-0.1, -0.05) is 12.8 Å². The number of carbonyl (C=O) groups is 1. The fraction of sp³-hybridized carbons (Fsp3) is 0.923. The topological polar surface area (TPSA) is 40.5 Å². The average molecular weight is 225 g/mol. The van der Waals surface area contributed by atoms with Gasteiger partial charge in [0.05, 0.1) is 6.10 Å². The minimum Gasteiger partial charge on any atom is -0.391 e. The van der Waals surface area contributed by atoms with E-state index in [1.807, 2.05) is 7.05 Å². The fourth-order valence-electron chi connectivity index (χ4n) is 2.63. The monoisotopic (exact) mass is 225 g/mol. The van der Waals surface area contributed by atoms with Crippen LogP contribution in [-0.4, -0.2) is 35.6 Å². The van der Waals surface area contributed by atoms with Gasteiger partial charge in [-0.3, -0.25) is 4.79 Å². The molecule has 1 N–H and O–H groups in total. The van der Waals surface area contributed by atoms with Crippen molar-refractivity contribution in [2.45, 2.75) is 51.0 Å². The molecule has 0 aliphatic heterocycles. The molecule has 2 fully saturated rings. The first-order valence-electron chi connectivity index (χ1n) is 6.59. The first kappa shape index (κ1) is 11.9. The minimum absolute atomic E-state index is 0.214. The van der Waals surface area contributed by atoms with Gasteiger partial charge in [0.25, 0.3) is 0 Å². The Hall–Kier alpha value is -0.570. The zero-order valence-corrected chi connectivity index (χ0v) is 10.2. The van der Waals surface area contributed by atoms with Crippen LogP contribution >= 0.6 is 0 Å². The van der Waals surface area contributed by atoms with Crippen LogP contribution in [0.5, 0.6) is 0 Å². The van der Waals surface area contributed by atoms with E-state index in [2.05, 4.69) is 0 Å². The predicted octanol–water partition coefficient (Wildman–Crippen LogP) is 1.80. The third-order valence-corrected chi connectivity index (χ3v) is 3.99. The van der Waals surface area contributed by atoms with E-state index >= 15 is 0 Å². The van der Waals surface area contributed by atoms with Gasteiger partial charge in [0.15, 0.2) is 0 Å². The molecule has 0 spiro atoms. The molecule has 3 nitrogen and oxygen atoms in total. The Bertz CT molecular complexity index is 244. The van der Waals surface area contributed by atoms with E-state index in [9.17, 15) is 9.90 Å². The van der Waals surface area contributed by atoms with Crippen LogP contribution in [0.1, 0.15) is 44.9 Å². The van der Waals surface area contributed by atoms with Crippen molar-refractivity contribution in [2.24, 2.45) is 11.8 Å². The molecule has 2 saturated carbocycles. The van der Waals surface area contributed by atoms with Crippen molar-refractivity contribution in [3.05, 3.63) is 0 Å². The van der Waals surface area contributed by atoms with Crippen molar-refractivity contribution in [3.8, 4) is 0 Å². The fourth-order valence-corrected chi connectivity index (χ4v) is 2.63. The summed E-state index contributed by atoms with van der Waals surface area (Å²) in [6, 6.07) is 0. The standard InChI is InChI=1S/C13H23NO2/c1-14(9-12(15)11-6-7-11)13(16)8-10-4-2-3-5-10/h10-12,15H,2-9H2,1H3. The highest BCUT2D eigenvalue weighted by molar-refractivity contribution is 5.76. The summed E-state index contributed by atoms with van der Waals surface area (Å²) in [4.78, 5) is 13.6. The number of carbonyl (C=O) groups excluding carboxylic acids is 1. The molecule has 0 bridgehead atoms. The molecule has 3 heteroatoms. The molecule has 2 aliphatic rings. The highest BCUT2D eigenvalue weighted by atomic mass is 16.3. The molecule has 0 heterocycles. The van der Waals surface area contributed by atoms with Crippen molar-refractivity contribution in [1.29, 1.82) is 0 Å². The molecule has 1 unspecified atom stereocenters. The number of hydrogen-bond donors (Lipinski definition) is 1. The van der Waals surface area contributed by atoms with Gasteiger partial charge in [0.1, 0.15) is 0 Å². The van der Waals surface area contributed by atoms with E-state index in [0.29, 0.717) is 24.8 Å². The lowest BCUT2D eigenvalue weighted by Crippen LogP contribution is -2.35. The van der Waals surface area contributed by atoms with E-state index in [-0.39, 0.29) is 12.0 Å². The number of aliphatic hydroxyl groups is 1. The van der Waals surface area contributed by atoms with Gasteiger partial charge in [-0.25, -0.2) is 0 Å². The molecular formula is C13H23NO2. The van der Waals surface area contributed by atoms with E-state index in [1.54, 1.807) is 4.90 Å². The Morgan fingerprint density at radius 3 is 2.50 bits per heavy atom. The van der Waals surface area contributed by atoms with Crippen molar-refractivity contribution < 1.29 is 9.90 Å². The van der Waals surface area contributed by atoms with Crippen LogP contribution in [0.4, 0.5) is 0 Å². The van der Waals surface area contributed by atoms with Crippen molar-refractivity contribution in [3.63, 3.8) is 0 Å². The number of rotatable bonds is 5. The lowest BCUT2D eigenvalue weighted by atomic mass is 10.0. The minimum atomic E-state index is -0.294. The second-order valence-corrected chi connectivity index (χ2v) is 5.53. The Balaban J connectivity index is 1.70. The number of likely N-dealkylation sites (N-methyl/N-ethyl adjacent to an activating group) is 1. The lowest BCUT2D eigenvalue weighted by Gasteiger charge is -2.22. The summed E-state index contributed by atoms with van der Waals surface area (Å²) in [5.41, 5.74) is 0. The zero-order chi connectivity index (χ0) is 11.5. The summed E-state index contributed by atoms with van der Waals surface area (Å²) < 4.78 is 0.